The third kappa shape index (κ3) is 3.04. The first-order valence-electron chi connectivity index (χ1n) is 5.76. The molecule has 0 heterocycles. The van der Waals surface area contributed by atoms with E-state index in [0.717, 1.165) is 25.3 Å². The first-order chi connectivity index (χ1) is 9.01. The average molecular weight is 291 g/mol. The minimum atomic E-state index is -4.56. The highest BCUT2D eigenvalue weighted by Gasteiger charge is 2.39. The van der Waals surface area contributed by atoms with Crippen molar-refractivity contribution in [3.8, 4) is 5.75 Å². The summed E-state index contributed by atoms with van der Waals surface area (Å²) in [5, 5.41) is 9.69. The van der Waals surface area contributed by atoms with Gasteiger partial charge in [0.25, 0.3) is 0 Å². The largest absolute Gasteiger partial charge is 0.508 e. The van der Waals surface area contributed by atoms with Crippen molar-refractivity contribution in [1.29, 1.82) is 0 Å². The molecule has 1 rings (SSSR count). The Bertz CT molecular complexity index is 512. The van der Waals surface area contributed by atoms with Gasteiger partial charge in [-0.05, 0) is 32.0 Å². The van der Waals surface area contributed by atoms with Crippen LogP contribution in [0.2, 0.25) is 0 Å². The molecule has 1 aromatic rings. The van der Waals surface area contributed by atoms with Crippen LogP contribution in [-0.4, -0.2) is 18.2 Å². The molecule has 0 amide bonds. The van der Waals surface area contributed by atoms with Crippen LogP contribution in [0, 0.1) is 5.41 Å². The number of nitrogens with two attached hydrogens (primary N) is 1. The lowest BCUT2D eigenvalue weighted by Crippen LogP contribution is -2.37. The Labute approximate surface area is 114 Å². The second-order valence-electron chi connectivity index (χ2n) is 4.96. The van der Waals surface area contributed by atoms with Gasteiger partial charge in [0.2, 0.25) is 0 Å². The maximum atomic E-state index is 12.7. The molecule has 112 valence electrons. The van der Waals surface area contributed by atoms with Crippen molar-refractivity contribution in [3.05, 3.63) is 29.3 Å². The fraction of sp³-hybridized carbons (Fsp3) is 0.462. The maximum absolute atomic E-state index is 12.7. The Kier molecular flexibility index (Phi) is 4.33. The molecule has 0 unspecified atom stereocenters. The number of methoxy groups -OCH3 is 1. The van der Waals surface area contributed by atoms with Gasteiger partial charge in [0.15, 0.2) is 0 Å². The summed E-state index contributed by atoms with van der Waals surface area (Å²) in [6.07, 6.45) is -4.56. The van der Waals surface area contributed by atoms with Gasteiger partial charge in [-0.25, -0.2) is 0 Å². The Balaban J connectivity index is 3.29. The van der Waals surface area contributed by atoms with Crippen molar-refractivity contribution in [2.24, 2.45) is 11.1 Å². The highest BCUT2D eigenvalue weighted by molar-refractivity contribution is 5.77. The molecule has 0 fully saturated rings. The predicted octanol–water partition coefficient (Wildman–Crippen LogP) is 2.61. The number of benzene rings is 1. The van der Waals surface area contributed by atoms with Gasteiger partial charge in [-0.15, -0.1) is 0 Å². The number of phenolic OH excluding ortho intramolecular Hbond substituents is 1. The van der Waals surface area contributed by atoms with Crippen molar-refractivity contribution in [3.63, 3.8) is 0 Å². The summed E-state index contributed by atoms with van der Waals surface area (Å²) in [5.41, 5.74) is 3.45. The molecule has 20 heavy (non-hydrogen) atoms. The van der Waals surface area contributed by atoms with Crippen molar-refractivity contribution in [2.75, 3.05) is 7.11 Å². The SMILES string of the molecule is COC(=O)C(C)(C)[C@@H](N)c1cc(C(F)(F)F)ccc1O. The minimum Gasteiger partial charge on any atom is -0.508 e. The first kappa shape index (κ1) is 16.3. The van der Waals surface area contributed by atoms with Crippen LogP contribution in [0.4, 0.5) is 13.2 Å². The van der Waals surface area contributed by atoms with Crippen LogP contribution in [0.3, 0.4) is 0 Å². The molecule has 1 aromatic carbocycles. The van der Waals surface area contributed by atoms with Crippen LogP contribution in [0.1, 0.15) is 31.0 Å². The number of hydrogen-bond acceptors (Lipinski definition) is 4. The van der Waals surface area contributed by atoms with Crippen LogP contribution < -0.4 is 5.73 Å². The zero-order valence-corrected chi connectivity index (χ0v) is 11.3. The molecule has 7 heteroatoms. The van der Waals surface area contributed by atoms with Crippen molar-refractivity contribution in [2.45, 2.75) is 26.1 Å². The fourth-order valence-corrected chi connectivity index (χ4v) is 1.76. The summed E-state index contributed by atoms with van der Waals surface area (Å²) in [4.78, 5) is 11.6. The Morgan fingerprint density at radius 3 is 2.35 bits per heavy atom. The van der Waals surface area contributed by atoms with Gasteiger partial charge >= 0.3 is 12.1 Å². The van der Waals surface area contributed by atoms with E-state index in [0.29, 0.717) is 0 Å². The van der Waals surface area contributed by atoms with E-state index >= 15 is 0 Å². The number of phenols is 1. The highest BCUT2D eigenvalue weighted by atomic mass is 19.4. The van der Waals surface area contributed by atoms with Crippen molar-refractivity contribution < 1.29 is 27.8 Å². The number of halogens is 3. The van der Waals surface area contributed by atoms with Gasteiger partial charge in [-0.1, -0.05) is 0 Å². The minimum absolute atomic E-state index is 0.157. The lowest BCUT2D eigenvalue weighted by atomic mass is 9.80. The van der Waals surface area contributed by atoms with Gasteiger partial charge in [-0.2, -0.15) is 13.2 Å². The number of hydrogen-bond donors (Lipinski definition) is 2. The molecule has 0 aromatic heterocycles. The van der Waals surface area contributed by atoms with Crippen molar-refractivity contribution in [1.82, 2.24) is 0 Å². The van der Waals surface area contributed by atoms with E-state index < -0.39 is 34.9 Å². The van der Waals surface area contributed by atoms with Gasteiger partial charge in [0, 0.05) is 11.6 Å². The van der Waals surface area contributed by atoms with Crippen LogP contribution in [0.5, 0.6) is 5.75 Å². The van der Waals surface area contributed by atoms with Gasteiger partial charge in [-0.3, -0.25) is 4.79 Å². The highest BCUT2D eigenvalue weighted by Crippen LogP contribution is 2.39. The topological polar surface area (TPSA) is 72.5 Å². The third-order valence-electron chi connectivity index (χ3n) is 3.18. The van der Waals surface area contributed by atoms with Gasteiger partial charge < -0.3 is 15.6 Å². The number of carbonyl (C=O) groups is 1. The zero-order chi connectivity index (χ0) is 15.7. The van der Waals surface area contributed by atoms with E-state index in [1.54, 1.807) is 0 Å². The molecule has 0 aliphatic rings. The first-order valence-corrected chi connectivity index (χ1v) is 5.76. The molecule has 0 saturated heterocycles. The summed E-state index contributed by atoms with van der Waals surface area (Å²) in [6, 6.07) is 1.25. The van der Waals surface area contributed by atoms with Crippen LogP contribution in [-0.2, 0) is 15.7 Å². The molecule has 0 aliphatic heterocycles. The summed E-state index contributed by atoms with van der Waals surface area (Å²) in [6.45, 7) is 2.87. The standard InChI is InChI=1S/C13H16F3NO3/c1-12(2,11(19)20-3)10(17)8-6-7(13(14,15)16)4-5-9(8)18/h4-6,10,18H,17H2,1-3H3/t10-/m0/s1. The van der Waals surface area contributed by atoms with E-state index in [1.807, 2.05) is 0 Å². The summed E-state index contributed by atoms with van der Waals surface area (Å²) in [5.74, 6) is -1.08. The molecule has 4 nitrogen and oxygen atoms in total. The summed E-state index contributed by atoms with van der Waals surface area (Å²) in [7, 11) is 1.16. The number of ether oxygens (including phenoxy) is 1. The molecular weight excluding hydrogens is 275 g/mol. The monoisotopic (exact) mass is 291 g/mol. The molecular formula is C13H16F3NO3. The predicted molar refractivity (Wildman–Crippen MR) is 65.8 cm³/mol. The lowest BCUT2D eigenvalue weighted by Gasteiger charge is -2.29. The van der Waals surface area contributed by atoms with Crippen molar-refractivity contribution >= 4 is 5.97 Å². The van der Waals surface area contributed by atoms with E-state index in [-0.39, 0.29) is 5.56 Å². The maximum Gasteiger partial charge on any atom is 0.416 e. The number of carbonyl (C=O) groups excluding carboxylic acids is 1. The molecule has 0 saturated carbocycles. The smallest absolute Gasteiger partial charge is 0.416 e. The van der Waals surface area contributed by atoms with Crippen LogP contribution >= 0.6 is 0 Å². The number of alkyl halides is 3. The summed E-state index contributed by atoms with van der Waals surface area (Å²) < 4.78 is 42.6. The average Bonchev–Trinajstić information content (AvgIpc) is 2.35. The molecule has 3 N–H and O–H groups in total. The fourth-order valence-electron chi connectivity index (χ4n) is 1.76. The molecule has 1 atom stereocenters. The Hall–Kier alpha value is -1.76. The number of esters is 1. The number of aromatic hydroxyl groups is 1. The second-order valence-corrected chi connectivity index (χ2v) is 4.96. The Morgan fingerprint density at radius 1 is 1.35 bits per heavy atom. The van der Waals surface area contributed by atoms with E-state index in [2.05, 4.69) is 4.74 Å². The van der Waals surface area contributed by atoms with E-state index in [4.69, 9.17) is 5.73 Å². The second kappa shape index (κ2) is 5.32. The summed E-state index contributed by atoms with van der Waals surface area (Å²) >= 11 is 0. The van der Waals surface area contributed by atoms with Gasteiger partial charge in [0.05, 0.1) is 18.1 Å². The van der Waals surface area contributed by atoms with E-state index in [1.165, 1.54) is 13.8 Å². The molecule has 0 radical (unpaired) electrons. The van der Waals surface area contributed by atoms with Crippen LogP contribution in [0.25, 0.3) is 0 Å². The van der Waals surface area contributed by atoms with Gasteiger partial charge in [0.1, 0.15) is 5.75 Å². The number of rotatable bonds is 3. The third-order valence-corrected chi connectivity index (χ3v) is 3.18. The Morgan fingerprint density at radius 2 is 1.90 bits per heavy atom. The molecule has 0 spiro atoms. The molecule has 0 aliphatic carbocycles. The normalized spacial score (nSPS) is 13.9. The zero-order valence-electron chi connectivity index (χ0n) is 11.3. The lowest BCUT2D eigenvalue weighted by molar-refractivity contribution is -0.152. The van der Waals surface area contributed by atoms with E-state index in [9.17, 15) is 23.1 Å². The van der Waals surface area contributed by atoms with Crippen LogP contribution in [0.15, 0.2) is 18.2 Å². The quantitative estimate of drug-likeness (QED) is 0.840. The molecule has 0 bridgehead atoms.